The van der Waals surface area contributed by atoms with Gasteiger partial charge in [-0.05, 0) is 31.2 Å². The summed E-state index contributed by atoms with van der Waals surface area (Å²) < 4.78 is 20.3. The maximum atomic E-state index is 13.9. The second kappa shape index (κ2) is 8.44. The first-order chi connectivity index (χ1) is 14.9. The summed E-state index contributed by atoms with van der Waals surface area (Å²) in [5, 5.41) is 7.26. The molecule has 0 saturated carbocycles. The van der Waals surface area contributed by atoms with Crippen LogP contribution >= 0.6 is 11.3 Å². The van der Waals surface area contributed by atoms with Gasteiger partial charge in [0.25, 0.3) is 11.5 Å². The average molecular weight is 438 g/mol. The molecule has 1 N–H and O–H groups in total. The fourth-order valence-corrected chi connectivity index (χ4v) is 3.62. The van der Waals surface area contributed by atoms with Crippen LogP contribution in [0.1, 0.15) is 31.4 Å². The van der Waals surface area contributed by atoms with Crippen LogP contribution in [0.15, 0.2) is 59.4 Å². The molecule has 31 heavy (non-hydrogen) atoms. The van der Waals surface area contributed by atoms with Crippen molar-refractivity contribution in [3.63, 3.8) is 0 Å². The quantitative estimate of drug-likeness (QED) is 0.480. The van der Waals surface area contributed by atoms with Gasteiger partial charge < -0.3 is 10.1 Å². The van der Waals surface area contributed by atoms with E-state index in [-0.39, 0.29) is 34.7 Å². The van der Waals surface area contributed by atoms with Crippen LogP contribution in [0.4, 0.5) is 10.1 Å². The Labute approximate surface area is 178 Å². The van der Waals surface area contributed by atoms with Gasteiger partial charge in [-0.1, -0.05) is 35.6 Å². The van der Waals surface area contributed by atoms with Gasteiger partial charge in [-0.15, -0.1) is 0 Å². The summed E-state index contributed by atoms with van der Waals surface area (Å²) in [4.78, 5) is 41.8. The Morgan fingerprint density at radius 2 is 1.84 bits per heavy atom. The van der Waals surface area contributed by atoms with Crippen LogP contribution in [-0.2, 0) is 11.3 Å². The number of aryl methyl sites for hydroxylation is 1. The van der Waals surface area contributed by atoms with E-state index in [1.165, 1.54) is 58.3 Å². The lowest BCUT2D eigenvalue weighted by Crippen LogP contribution is -2.18. The maximum absolute atomic E-state index is 13.9. The zero-order valence-electron chi connectivity index (χ0n) is 16.2. The number of benzene rings is 2. The van der Waals surface area contributed by atoms with Crippen LogP contribution < -0.4 is 10.9 Å². The molecule has 0 aliphatic rings. The molecule has 0 radical (unpaired) electrons. The summed E-state index contributed by atoms with van der Waals surface area (Å²) in [5.74, 6) is -2.10. The molecule has 0 fully saturated rings. The first-order valence-electron chi connectivity index (χ1n) is 9.11. The zero-order chi connectivity index (χ0) is 22.0. The molecule has 2 aromatic carbocycles. The van der Waals surface area contributed by atoms with Crippen LogP contribution in [0.3, 0.4) is 0 Å². The minimum atomic E-state index is -0.730. The first-order valence-corrected chi connectivity index (χ1v) is 9.92. The number of carbonyl (C=O) groups excluding carboxylic acids is 2. The fourth-order valence-electron chi connectivity index (χ4n) is 2.85. The summed E-state index contributed by atoms with van der Waals surface area (Å²) >= 11 is 1.24. The Morgan fingerprint density at radius 3 is 2.61 bits per heavy atom. The molecule has 2 heterocycles. The van der Waals surface area contributed by atoms with Crippen molar-refractivity contribution >= 4 is 33.9 Å². The highest BCUT2D eigenvalue weighted by atomic mass is 32.1. The van der Waals surface area contributed by atoms with Crippen molar-refractivity contribution in [3.8, 4) is 0 Å². The molecule has 2 aromatic heterocycles. The van der Waals surface area contributed by atoms with E-state index in [0.717, 1.165) is 0 Å². The van der Waals surface area contributed by atoms with Crippen molar-refractivity contribution < 1.29 is 18.7 Å². The largest absolute Gasteiger partial charge is 0.456 e. The van der Waals surface area contributed by atoms with Crippen molar-refractivity contribution in [1.29, 1.82) is 0 Å². The van der Waals surface area contributed by atoms with Crippen molar-refractivity contribution in [2.75, 3.05) is 5.32 Å². The molecule has 0 aliphatic heterocycles. The molecule has 8 nitrogen and oxygen atoms in total. The minimum Gasteiger partial charge on any atom is -0.456 e. The number of nitrogens with one attached hydrogen (secondary N) is 1. The van der Waals surface area contributed by atoms with Crippen LogP contribution in [0.2, 0.25) is 0 Å². The molecule has 4 rings (SSSR count). The summed E-state index contributed by atoms with van der Waals surface area (Å²) in [6.45, 7) is 1.52. The summed E-state index contributed by atoms with van der Waals surface area (Å²) in [7, 11) is 0. The number of esters is 1. The predicted molar refractivity (Wildman–Crippen MR) is 112 cm³/mol. The maximum Gasteiger partial charge on any atom is 0.340 e. The number of para-hydroxylation sites is 1. The predicted octanol–water partition coefficient (Wildman–Crippen LogP) is 3.21. The van der Waals surface area contributed by atoms with Crippen molar-refractivity contribution in [2.24, 2.45) is 0 Å². The number of aromatic nitrogens is 3. The van der Waals surface area contributed by atoms with Crippen LogP contribution in [0, 0.1) is 12.7 Å². The van der Waals surface area contributed by atoms with Gasteiger partial charge in [-0.3, -0.25) is 9.59 Å². The molecule has 4 aromatic rings. The second-order valence-electron chi connectivity index (χ2n) is 6.46. The molecule has 0 spiro atoms. The molecular weight excluding hydrogens is 423 g/mol. The van der Waals surface area contributed by atoms with Crippen LogP contribution in [0.5, 0.6) is 0 Å². The third-order valence-corrected chi connectivity index (χ3v) is 5.09. The fraction of sp³-hybridized carbons (Fsp3) is 0.0952. The van der Waals surface area contributed by atoms with Crippen molar-refractivity contribution in [3.05, 3.63) is 92.6 Å². The smallest absolute Gasteiger partial charge is 0.340 e. The average Bonchev–Trinajstić information content (AvgIpc) is 3.13. The Hall–Kier alpha value is -3.92. The lowest BCUT2D eigenvalue weighted by molar-refractivity contribution is 0.0469. The lowest BCUT2D eigenvalue weighted by atomic mass is 10.1. The first kappa shape index (κ1) is 20.4. The van der Waals surface area contributed by atoms with Gasteiger partial charge in [-0.2, -0.15) is 9.61 Å². The lowest BCUT2D eigenvalue weighted by Gasteiger charge is -2.11. The third kappa shape index (κ3) is 4.33. The topological polar surface area (TPSA) is 103 Å². The van der Waals surface area contributed by atoms with E-state index in [1.807, 2.05) is 0 Å². The molecule has 0 unspecified atom stereocenters. The van der Waals surface area contributed by atoms with Gasteiger partial charge in [0.1, 0.15) is 17.4 Å². The molecule has 0 bridgehead atoms. The number of anilines is 1. The number of carbonyl (C=O) groups is 2. The number of fused-ring (bicyclic) bond motifs is 1. The van der Waals surface area contributed by atoms with Crippen LogP contribution in [-0.4, -0.2) is 26.5 Å². The number of rotatable bonds is 5. The van der Waals surface area contributed by atoms with Gasteiger partial charge in [0.05, 0.1) is 22.5 Å². The third-order valence-electron chi connectivity index (χ3n) is 4.26. The number of hydrogen-bond donors (Lipinski definition) is 1. The number of halogens is 1. The van der Waals surface area contributed by atoms with Gasteiger partial charge in [0.15, 0.2) is 0 Å². The number of hydrogen-bond acceptors (Lipinski definition) is 7. The Kier molecular flexibility index (Phi) is 5.54. The summed E-state index contributed by atoms with van der Waals surface area (Å²) in [6.07, 6.45) is 0. The van der Waals surface area contributed by atoms with Gasteiger partial charge in [0.2, 0.25) is 4.96 Å². The minimum absolute atomic E-state index is 0.0821. The normalized spacial score (nSPS) is 10.8. The molecule has 10 heteroatoms. The molecular formula is C21H15FN4O4S. The van der Waals surface area contributed by atoms with Crippen LogP contribution in [0.25, 0.3) is 4.96 Å². The molecule has 1 amide bonds. The zero-order valence-corrected chi connectivity index (χ0v) is 17.0. The summed E-state index contributed by atoms with van der Waals surface area (Å²) in [6, 6.07) is 13.0. The van der Waals surface area contributed by atoms with E-state index in [9.17, 15) is 18.8 Å². The molecule has 156 valence electrons. The van der Waals surface area contributed by atoms with E-state index in [4.69, 9.17) is 4.74 Å². The number of amides is 1. The highest BCUT2D eigenvalue weighted by Crippen LogP contribution is 2.19. The number of nitrogens with zero attached hydrogens (tertiary/aromatic N) is 3. The van der Waals surface area contributed by atoms with Gasteiger partial charge in [-0.25, -0.2) is 14.2 Å². The van der Waals surface area contributed by atoms with E-state index in [2.05, 4.69) is 15.4 Å². The SMILES string of the molecule is Cc1nn2c(=O)cc(COC(=O)c3ccccc3NC(=O)c3ccccc3F)nc2s1. The summed E-state index contributed by atoms with van der Waals surface area (Å²) in [5.41, 5.74) is -0.00254. The Balaban J connectivity index is 1.51. The molecule has 0 saturated heterocycles. The number of ether oxygens (including phenoxy) is 1. The highest BCUT2D eigenvalue weighted by Gasteiger charge is 2.18. The van der Waals surface area contributed by atoms with Crippen molar-refractivity contribution in [1.82, 2.24) is 14.6 Å². The van der Waals surface area contributed by atoms with E-state index < -0.39 is 17.7 Å². The Morgan fingerprint density at radius 1 is 1.13 bits per heavy atom. The monoisotopic (exact) mass is 438 g/mol. The molecule has 0 aliphatic carbocycles. The van der Waals surface area contributed by atoms with Gasteiger partial charge >= 0.3 is 5.97 Å². The highest BCUT2D eigenvalue weighted by molar-refractivity contribution is 7.16. The molecule has 0 atom stereocenters. The van der Waals surface area contributed by atoms with E-state index in [1.54, 1.807) is 19.1 Å². The Bertz CT molecular complexity index is 1370. The van der Waals surface area contributed by atoms with E-state index in [0.29, 0.717) is 9.97 Å². The van der Waals surface area contributed by atoms with Gasteiger partial charge in [0, 0.05) is 6.07 Å². The van der Waals surface area contributed by atoms with Crippen molar-refractivity contribution in [2.45, 2.75) is 13.5 Å². The standard InChI is InChI=1S/C21H15FN4O4S/c1-12-25-26-18(27)10-13(23-21(26)31-12)11-30-20(29)15-7-3-5-9-17(15)24-19(28)14-6-2-4-8-16(14)22/h2-10H,11H2,1H3,(H,24,28). The second-order valence-corrected chi connectivity index (χ2v) is 7.62. The van der Waals surface area contributed by atoms with E-state index >= 15 is 0 Å².